The average Bonchev–Trinajstić information content (AvgIpc) is 3.19. The van der Waals surface area contributed by atoms with Gasteiger partial charge in [-0.05, 0) is 49.2 Å². The zero-order valence-electron chi connectivity index (χ0n) is 18.2. The van der Waals surface area contributed by atoms with Gasteiger partial charge in [0.15, 0.2) is 0 Å². The Hall–Kier alpha value is -3.04. The van der Waals surface area contributed by atoms with Gasteiger partial charge < -0.3 is 15.0 Å². The van der Waals surface area contributed by atoms with E-state index in [4.69, 9.17) is 4.74 Å². The molecule has 0 saturated carbocycles. The van der Waals surface area contributed by atoms with E-state index in [-0.39, 0.29) is 5.69 Å². The molecule has 5 rings (SSSR count). The lowest BCUT2D eigenvalue weighted by atomic mass is 10.00. The number of aryl methyl sites for hydroxylation is 1. The van der Waals surface area contributed by atoms with Gasteiger partial charge in [-0.1, -0.05) is 0 Å². The Morgan fingerprint density at radius 3 is 2.44 bits per heavy atom. The topological polar surface area (TPSA) is 58.5 Å². The molecule has 0 aliphatic carbocycles. The fraction of sp³-hybridized carbons (Fsp3) is 0.391. The number of nitrogens with zero attached hydrogens (tertiary/aromatic N) is 5. The molecule has 2 aliphatic heterocycles. The summed E-state index contributed by atoms with van der Waals surface area (Å²) < 4.78 is 33.9. The van der Waals surface area contributed by atoms with Crippen molar-refractivity contribution >= 4 is 17.3 Å². The summed E-state index contributed by atoms with van der Waals surface area (Å²) in [5.74, 6) is -0.957. The van der Waals surface area contributed by atoms with Crippen LogP contribution < -0.4 is 10.2 Å². The van der Waals surface area contributed by atoms with Crippen LogP contribution in [0.15, 0.2) is 36.7 Å². The van der Waals surface area contributed by atoms with Crippen molar-refractivity contribution in [2.45, 2.75) is 19.9 Å². The van der Waals surface area contributed by atoms with Crippen molar-refractivity contribution in [3.63, 3.8) is 0 Å². The fourth-order valence-corrected chi connectivity index (χ4v) is 4.31. The number of aromatic nitrogens is 3. The second-order valence-electron chi connectivity index (χ2n) is 8.41. The van der Waals surface area contributed by atoms with Crippen molar-refractivity contribution in [2.24, 2.45) is 0 Å². The van der Waals surface area contributed by atoms with Gasteiger partial charge in [0.25, 0.3) is 0 Å². The molecular weight excluding hydrogens is 414 g/mol. The molecular formula is C23H26F2N6O. The van der Waals surface area contributed by atoms with Crippen LogP contribution in [0.25, 0.3) is 5.69 Å². The summed E-state index contributed by atoms with van der Waals surface area (Å²) in [6.07, 6.45) is 1.43. The largest absolute Gasteiger partial charge is 0.379 e. The van der Waals surface area contributed by atoms with Crippen molar-refractivity contribution in [1.29, 1.82) is 0 Å². The highest BCUT2D eigenvalue weighted by atomic mass is 19.1. The second kappa shape index (κ2) is 8.48. The lowest BCUT2D eigenvalue weighted by molar-refractivity contribution is 0.0105. The van der Waals surface area contributed by atoms with E-state index < -0.39 is 11.6 Å². The summed E-state index contributed by atoms with van der Waals surface area (Å²) >= 11 is 0. The number of anilines is 3. The molecule has 0 bridgehead atoms. The third-order valence-electron chi connectivity index (χ3n) is 6.26. The van der Waals surface area contributed by atoms with E-state index in [0.29, 0.717) is 12.0 Å². The Morgan fingerprint density at radius 2 is 1.72 bits per heavy atom. The van der Waals surface area contributed by atoms with E-state index in [9.17, 15) is 8.78 Å². The number of rotatable bonds is 5. The van der Waals surface area contributed by atoms with Crippen LogP contribution in [-0.2, 0) is 4.74 Å². The maximum absolute atomic E-state index is 13.5. The summed E-state index contributed by atoms with van der Waals surface area (Å²) in [6, 6.07) is 7.99. The van der Waals surface area contributed by atoms with Gasteiger partial charge in [0.1, 0.15) is 18.0 Å². The molecule has 7 nitrogen and oxygen atoms in total. The minimum atomic E-state index is -0.659. The molecule has 0 unspecified atom stereocenters. The normalized spacial score (nSPS) is 17.4. The predicted molar refractivity (Wildman–Crippen MR) is 119 cm³/mol. The summed E-state index contributed by atoms with van der Waals surface area (Å²) in [4.78, 5) is 9.15. The maximum atomic E-state index is 13.5. The summed E-state index contributed by atoms with van der Waals surface area (Å²) in [7, 11) is 0. The predicted octanol–water partition coefficient (Wildman–Crippen LogP) is 3.43. The molecule has 2 aromatic carbocycles. The van der Waals surface area contributed by atoms with Crippen LogP contribution in [0.4, 0.5) is 26.1 Å². The van der Waals surface area contributed by atoms with Crippen LogP contribution in [0.1, 0.15) is 11.1 Å². The van der Waals surface area contributed by atoms with Gasteiger partial charge >= 0.3 is 0 Å². The molecule has 3 aromatic rings. The van der Waals surface area contributed by atoms with E-state index in [1.54, 1.807) is 0 Å². The van der Waals surface area contributed by atoms with E-state index in [1.807, 2.05) is 0 Å². The van der Waals surface area contributed by atoms with Crippen molar-refractivity contribution in [3.8, 4) is 5.69 Å². The molecule has 1 N–H and O–H groups in total. The number of ether oxygens (including phenoxy) is 1. The molecule has 2 fully saturated rings. The minimum Gasteiger partial charge on any atom is -0.379 e. The molecule has 3 heterocycles. The molecule has 32 heavy (non-hydrogen) atoms. The third-order valence-corrected chi connectivity index (χ3v) is 6.26. The molecule has 9 heteroatoms. The standard InChI is InChI=1S/C23H26F2N6O/c1-15-7-19(27-23-26-14-31(28-23)20-9-17(24)8-18(25)10-20)11-22(16(15)2)30-12-21(13-30)29-3-5-32-6-4-29/h7-11,14,21H,3-6,12-13H2,1-2H3,(H,27,28). The van der Waals surface area contributed by atoms with Crippen molar-refractivity contribution in [3.05, 3.63) is 59.4 Å². The smallest absolute Gasteiger partial charge is 0.246 e. The van der Waals surface area contributed by atoms with E-state index in [0.717, 1.165) is 51.1 Å². The van der Waals surface area contributed by atoms with Crippen LogP contribution in [-0.4, -0.2) is 65.1 Å². The SMILES string of the molecule is Cc1cc(Nc2ncn(-c3cc(F)cc(F)c3)n2)cc(N2CC(N3CCOCC3)C2)c1C. The first-order valence-electron chi connectivity index (χ1n) is 10.8. The highest BCUT2D eigenvalue weighted by molar-refractivity contribution is 5.68. The van der Waals surface area contributed by atoms with Gasteiger partial charge in [0, 0.05) is 49.7 Å². The summed E-state index contributed by atoms with van der Waals surface area (Å²) in [6.45, 7) is 9.87. The van der Waals surface area contributed by atoms with Crippen molar-refractivity contribution in [2.75, 3.05) is 49.6 Å². The molecule has 1 aromatic heterocycles. The summed E-state index contributed by atoms with van der Waals surface area (Å²) in [5.41, 5.74) is 4.78. The van der Waals surface area contributed by atoms with Crippen LogP contribution in [0.3, 0.4) is 0 Å². The highest BCUT2D eigenvalue weighted by Crippen LogP contribution is 2.33. The first-order valence-corrected chi connectivity index (χ1v) is 10.8. The third kappa shape index (κ3) is 4.18. The van der Waals surface area contributed by atoms with Crippen molar-refractivity contribution < 1.29 is 13.5 Å². The monoisotopic (exact) mass is 440 g/mol. The molecule has 0 amide bonds. The van der Waals surface area contributed by atoms with E-state index >= 15 is 0 Å². The van der Waals surface area contributed by atoms with Gasteiger partial charge in [-0.15, -0.1) is 5.10 Å². The fourth-order valence-electron chi connectivity index (χ4n) is 4.31. The van der Waals surface area contributed by atoms with Crippen molar-refractivity contribution in [1.82, 2.24) is 19.7 Å². The molecule has 2 aliphatic rings. The Kier molecular flexibility index (Phi) is 5.52. The Bertz CT molecular complexity index is 1100. The minimum absolute atomic E-state index is 0.276. The van der Waals surface area contributed by atoms with E-state index in [2.05, 4.69) is 51.2 Å². The lowest BCUT2D eigenvalue weighted by Gasteiger charge is -2.48. The number of benzene rings is 2. The number of nitrogens with one attached hydrogen (secondary N) is 1. The Labute approximate surface area is 185 Å². The number of halogens is 2. The second-order valence-corrected chi connectivity index (χ2v) is 8.41. The van der Waals surface area contributed by atoms with Crippen LogP contribution >= 0.6 is 0 Å². The van der Waals surface area contributed by atoms with Gasteiger partial charge in [0.2, 0.25) is 5.95 Å². The quantitative estimate of drug-likeness (QED) is 0.656. The average molecular weight is 440 g/mol. The number of morpholine rings is 1. The maximum Gasteiger partial charge on any atom is 0.246 e. The first-order chi connectivity index (χ1) is 15.5. The zero-order valence-corrected chi connectivity index (χ0v) is 18.2. The van der Waals surface area contributed by atoms with E-state index in [1.165, 1.54) is 40.0 Å². The van der Waals surface area contributed by atoms with Crippen LogP contribution in [0.5, 0.6) is 0 Å². The lowest BCUT2D eigenvalue weighted by Crippen LogP contribution is -2.61. The van der Waals surface area contributed by atoms with Gasteiger partial charge in [-0.3, -0.25) is 4.90 Å². The molecule has 0 atom stereocenters. The van der Waals surface area contributed by atoms with Gasteiger partial charge in [-0.25, -0.2) is 13.5 Å². The summed E-state index contributed by atoms with van der Waals surface area (Å²) in [5, 5.41) is 7.55. The number of hydrogen-bond donors (Lipinski definition) is 1. The Morgan fingerprint density at radius 1 is 1.00 bits per heavy atom. The highest BCUT2D eigenvalue weighted by Gasteiger charge is 2.33. The van der Waals surface area contributed by atoms with Gasteiger partial charge in [0.05, 0.1) is 18.9 Å². The Balaban J connectivity index is 1.31. The van der Waals surface area contributed by atoms with Gasteiger partial charge in [-0.2, -0.15) is 4.98 Å². The molecule has 2 saturated heterocycles. The zero-order chi connectivity index (χ0) is 22.2. The van der Waals surface area contributed by atoms with Crippen LogP contribution in [0, 0.1) is 25.5 Å². The first kappa shape index (κ1) is 20.8. The molecule has 168 valence electrons. The van der Waals surface area contributed by atoms with Crippen LogP contribution in [0.2, 0.25) is 0 Å². The number of hydrogen-bond acceptors (Lipinski definition) is 6. The molecule has 0 spiro atoms. The molecule has 0 radical (unpaired) electrons.